The second kappa shape index (κ2) is 10.7. The molecule has 0 aliphatic heterocycles. The molecule has 6 N–H and O–H groups in total. The number of hydrogen-bond acceptors (Lipinski definition) is 10. The van der Waals surface area contributed by atoms with Gasteiger partial charge in [-0.2, -0.15) is 0 Å². The van der Waals surface area contributed by atoms with Gasteiger partial charge in [0.25, 0.3) is 0 Å². The lowest BCUT2D eigenvalue weighted by molar-refractivity contribution is -0.112. The van der Waals surface area contributed by atoms with E-state index in [1.807, 2.05) is 19.9 Å². The number of allylic oxidation sites excluding steroid dienone is 3. The molecule has 5 rings (SSSR count). The molecule has 0 spiro atoms. The molecule has 204 valence electrons. The maximum absolute atomic E-state index is 12.1. The zero-order valence-electron chi connectivity index (χ0n) is 21.3. The van der Waals surface area contributed by atoms with Crippen molar-refractivity contribution in [3.63, 3.8) is 0 Å². The van der Waals surface area contributed by atoms with Gasteiger partial charge in [0.1, 0.15) is 28.2 Å². The van der Waals surface area contributed by atoms with Crippen molar-refractivity contribution < 1.29 is 44.6 Å². The van der Waals surface area contributed by atoms with Crippen molar-refractivity contribution in [3.05, 3.63) is 93.2 Å². The quantitative estimate of drug-likeness (QED) is 0.116. The summed E-state index contributed by atoms with van der Waals surface area (Å²) in [6.07, 6.45) is 2.11. The van der Waals surface area contributed by atoms with Gasteiger partial charge in [-0.05, 0) is 38.5 Å². The highest BCUT2D eigenvalue weighted by atomic mass is 16.4. The van der Waals surface area contributed by atoms with Crippen LogP contribution in [0.1, 0.15) is 36.2 Å². The van der Waals surface area contributed by atoms with Gasteiger partial charge in [0.15, 0.2) is 17.3 Å². The van der Waals surface area contributed by atoms with Gasteiger partial charge < -0.3 is 35.1 Å². The van der Waals surface area contributed by atoms with E-state index in [0.717, 1.165) is 29.8 Å². The van der Waals surface area contributed by atoms with Crippen LogP contribution in [0, 0.1) is 0 Å². The van der Waals surface area contributed by atoms with Crippen LogP contribution in [-0.2, 0) is 4.79 Å². The maximum Gasteiger partial charge on any atom is 0.238 e. The number of ketones is 2. The predicted octanol–water partition coefficient (Wildman–Crippen LogP) is 5.07. The number of aromatic hydroxyl groups is 5. The van der Waals surface area contributed by atoms with Gasteiger partial charge in [-0.1, -0.05) is 35.9 Å². The van der Waals surface area contributed by atoms with Crippen molar-refractivity contribution in [3.8, 4) is 40.1 Å². The van der Waals surface area contributed by atoms with E-state index >= 15 is 0 Å². The first kappa shape index (κ1) is 27.5. The Morgan fingerprint density at radius 1 is 0.775 bits per heavy atom. The van der Waals surface area contributed by atoms with Crippen LogP contribution >= 0.6 is 0 Å². The number of rotatable bonds is 3. The topological polar surface area (TPSA) is 186 Å². The largest absolute Gasteiger partial charge is 0.508 e. The third-order valence-corrected chi connectivity index (χ3v) is 6.08. The summed E-state index contributed by atoms with van der Waals surface area (Å²) in [7, 11) is 0. The Kier molecular flexibility index (Phi) is 7.36. The fourth-order valence-electron chi connectivity index (χ4n) is 4.05. The van der Waals surface area contributed by atoms with Crippen molar-refractivity contribution in [1.29, 1.82) is 0 Å². The molecule has 0 amide bonds. The molecule has 4 aromatic rings. The summed E-state index contributed by atoms with van der Waals surface area (Å²) in [5, 5.41) is 57.7. The molecule has 0 atom stereocenters. The Bertz CT molecular complexity index is 1800. The second-order valence-corrected chi connectivity index (χ2v) is 9.17. The second-order valence-electron chi connectivity index (χ2n) is 9.17. The third-order valence-electron chi connectivity index (χ3n) is 6.08. The molecule has 0 bridgehead atoms. The number of carbonyl (C=O) groups excluding carboxylic acids is 2. The molecular formula is C30H24O10. The number of Topliss-reactive ketones (excluding diaryl/α,β-unsaturated/α-hetero) is 2. The number of fused-ring (bicyclic) bond motifs is 2. The summed E-state index contributed by atoms with van der Waals surface area (Å²) in [5.41, 5.74) is 1.05. The Hall–Kier alpha value is -5.51. The van der Waals surface area contributed by atoms with E-state index < -0.39 is 34.2 Å². The fraction of sp³-hybridized carbons (Fsp3) is 0.100. The average Bonchev–Trinajstić information content (AvgIpc) is 2.91. The summed E-state index contributed by atoms with van der Waals surface area (Å²) < 4.78 is 5.35. The standard InChI is InChI=1S/C15H10O7.C15H14O3/c16-7-4-10(19)12-11(5-7)22-15(14(21)13(12)20)6-1-2-8(17)9(18)3-6;1-9(2)7-8-12-13(16)10-5-3-4-6-11(10)14(17)15(12)18/h1-5,16-19,21H;3-7,16H,8H2,1-2H3. The molecular weight excluding hydrogens is 520 g/mol. The Morgan fingerprint density at radius 2 is 1.45 bits per heavy atom. The lowest BCUT2D eigenvalue weighted by Crippen LogP contribution is -2.23. The Morgan fingerprint density at radius 3 is 2.10 bits per heavy atom. The highest BCUT2D eigenvalue weighted by Gasteiger charge is 2.31. The Labute approximate surface area is 226 Å². The SMILES string of the molecule is CC(C)=CCC1=C(O)c2ccccc2C(=O)C1=O.O=c1c(O)c(-c2ccc(O)c(O)c2)oc2cc(O)cc(O)c12. The minimum atomic E-state index is -0.888. The van der Waals surface area contributed by atoms with E-state index in [4.69, 9.17) is 4.42 Å². The van der Waals surface area contributed by atoms with Crippen molar-refractivity contribution >= 4 is 28.3 Å². The molecule has 0 unspecified atom stereocenters. The van der Waals surface area contributed by atoms with E-state index in [0.29, 0.717) is 5.56 Å². The monoisotopic (exact) mass is 544 g/mol. The van der Waals surface area contributed by atoms with Crippen LogP contribution in [0.25, 0.3) is 28.1 Å². The number of phenols is 4. The molecule has 10 heteroatoms. The minimum Gasteiger partial charge on any atom is -0.508 e. The van der Waals surface area contributed by atoms with Gasteiger partial charge in [-0.3, -0.25) is 14.4 Å². The summed E-state index contributed by atoms with van der Waals surface area (Å²) in [6, 6.07) is 12.3. The molecule has 3 aromatic carbocycles. The van der Waals surface area contributed by atoms with Gasteiger partial charge >= 0.3 is 0 Å². The van der Waals surface area contributed by atoms with E-state index in [9.17, 15) is 45.0 Å². The van der Waals surface area contributed by atoms with Gasteiger partial charge in [-0.15, -0.1) is 0 Å². The molecule has 1 heterocycles. The molecule has 0 radical (unpaired) electrons. The van der Waals surface area contributed by atoms with Crippen molar-refractivity contribution in [2.24, 2.45) is 0 Å². The number of benzene rings is 3. The third kappa shape index (κ3) is 5.10. The molecule has 1 aliphatic carbocycles. The van der Waals surface area contributed by atoms with Crippen molar-refractivity contribution in [2.45, 2.75) is 20.3 Å². The van der Waals surface area contributed by atoms with Gasteiger partial charge in [-0.25, -0.2) is 0 Å². The summed E-state index contributed by atoms with van der Waals surface area (Å²) in [5.74, 6) is -3.94. The smallest absolute Gasteiger partial charge is 0.238 e. The van der Waals surface area contributed by atoms with Crippen LogP contribution in [0.2, 0.25) is 0 Å². The first-order valence-corrected chi connectivity index (χ1v) is 11.9. The number of aliphatic hydroxyl groups excluding tert-OH is 1. The number of hydrogen-bond donors (Lipinski definition) is 6. The fourth-order valence-corrected chi connectivity index (χ4v) is 4.05. The average molecular weight is 545 g/mol. The highest BCUT2D eigenvalue weighted by Crippen LogP contribution is 2.37. The van der Waals surface area contributed by atoms with E-state index in [1.54, 1.807) is 24.3 Å². The first-order valence-electron chi connectivity index (χ1n) is 11.9. The number of phenolic OH excluding ortho intramolecular Hbond substituents is 4. The van der Waals surface area contributed by atoms with Crippen molar-refractivity contribution in [2.75, 3.05) is 0 Å². The molecule has 1 aromatic heterocycles. The zero-order valence-corrected chi connectivity index (χ0v) is 21.3. The summed E-state index contributed by atoms with van der Waals surface area (Å²) in [6.45, 7) is 3.81. The van der Waals surface area contributed by atoms with E-state index in [2.05, 4.69) is 0 Å². The highest BCUT2D eigenvalue weighted by molar-refractivity contribution is 6.52. The van der Waals surface area contributed by atoms with Crippen LogP contribution in [0.3, 0.4) is 0 Å². The normalized spacial score (nSPS) is 12.6. The number of aliphatic hydroxyl groups is 1. The van der Waals surface area contributed by atoms with Crippen LogP contribution in [-0.4, -0.2) is 42.2 Å². The predicted molar refractivity (Wildman–Crippen MR) is 146 cm³/mol. The molecule has 1 aliphatic rings. The van der Waals surface area contributed by atoms with Crippen LogP contribution < -0.4 is 5.43 Å². The summed E-state index contributed by atoms with van der Waals surface area (Å²) >= 11 is 0. The molecule has 0 fully saturated rings. The van der Waals surface area contributed by atoms with Crippen LogP contribution in [0.15, 0.2) is 81.0 Å². The van der Waals surface area contributed by atoms with E-state index in [-0.39, 0.29) is 57.1 Å². The van der Waals surface area contributed by atoms with Crippen LogP contribution in [0.5, 0.6) is 28.7 Å². The van der Waals surface area contributed by atoms with Gasteiger partial charge in [0.05, 0.1) is 0 Å². The molecule has 0 saturated carbocycles. The molecule has 0 saturated heterocycles. The lowest BCUT2D eigenvalue weighted by Gasteiger charge is -2.16. The minimum absolute atomic E-state index is 0.0762. The van der Waals surface area contributed by atoms with E-state index in [1.165, 1.54) is 6.07 Å². The first-order chi connectivity index (χ1) is 18.9. The Balaban J connectivity index is 0.000000189. The number of carbonyl (C=O) groups is 2. The van der Waals surface area contributed by atoms with Crippen molar-refractivity contribution in [1.82, 2.24) is 0 Å². The molecule has 10 nitrogen and oxygen atoms in total. The maximum atomic E-state index is 12.1. The van der Waals surface area contributed by atoms with Gasteiger partial charge in [0.2, 0.25) is 22.7 Å². The molecule has 40 heavy (non-hydrogen) atoms. The zero-order chi connectivity index (χ0) is 29.3. The summed E-state index contributed by atoms with van der Waals surface area (Å²) in [4.78, 5) is 36.0. The van der Waals surface area contributed by atoms with Gasteiger partial charge in [0, 0.05) is 34.4 Å². The van der Waals surface area contributed by atoms with Crippen LogP contribution in [0.4, 0.5) is 0 Å². The lowest BCUT2D eigenvalue weighted by atomic mass is 9.87.